The molecular formula is C12H8F6O4. The zero-order chi connectivity index (χ0) is 17.2. The molecule has 0 heterocycles. The molecule has 0 saturated heterocycles. The number of alkyl halides is 6. The van der Waals surface area contributed by atoms with E-state index in [0.29, 0.717) is 0 Å². The zero-order valence-electron chi connectivity index (χ0n) is 10.5. The molecule has 1 rings (SSSR count). The van der Waals surface area contributed by atoms with E-state index in [1.54, 1.807) is 0 Å². The lowest BCUT2D eigenvalue weighted by Crippen LogP contribution is -2.60. The summed E-state index contributed by atoms with van der Waals surface area (Å²) in [6.45, 7) is 0. The fourth-order valence-electron chi connectivity index (χ4n) is 1.52. The third-order valence-electron chi connectivity index (χ3n) is 2.59. The van der Waals surface area contributed by atoms with E-state index in [9.17, 15) is 35.9 Å². The van der Waals surface area contributed by atoms with Crippen LogP contribution in [0.15, 0.2) is 30.3 Å². The Morgan fingerprint density at radius 1 is 0.955 bits per heavy atom. The van der Waals surface area contributed by atoms with Gasteiger partial charge in [-0.25, -0.2) is 4.79 Å². The number of aliphatic carboxylic acids is 1. The predicted molar refractivity (Wildman–Crippen MR) is 59.0 cm³/mol. The topological polar surface area (TPSA) is 63.6 Å². The van der Waals surface area contributed by atoms with Crippen molar-refractivity contribution in [2.75, 3.05) is 0 Å². The van der Waals surface area contributed by atoms with Gasteiger partial charge < -0.3 is 9.84 Å². The van der Waals surface area contributed by atoms with Crippen molar-refractivity contribution >= 4 is 11.9 Å². The summed E-state index contributed by atoms with van der Waals surface area (Å²) in [6, 6.07) is 5.61. The molecule has 0 aromatic heterocycles. The summed E-state index contributed by atoms with van der Waals surface area (Å²) < 4.78 is 80.7. The molecule has 0 atom stereocenters. The van der Waals surface area contributed by atoms with E-state index in [0.717, 1.165) is 12.1 Å². The van der Waals surface area contributed by atoms with E-state index < -0.39 is 41.9 Å². The molecule has 1 aromatic carbocycles. The highest BCUT2D eigenvalue weighted by molar-refractivity contribution is 5.90. The summed E-state index contributed by atoms with van der Waals surface area (Å²) in [4.78, 5) is 22.0. The summed E-state index contributed by atoms with van der Waals surface area (Å²) in [7, 11) is 0. The summed E-state index contributed by atoms with van der Waals surface area (Å²) in [6.07, 6.45) is -14.8. The van der Waals surface area contributed by atoms with Gasteiger partial charge in [0.05, 0.1) is 5.56 Å². The lowest BCUT2D eigenvalue weighted by Gasteiger charge is -2.35. The Labute approximate surface area is 119 Å². The molecule has 1 N–H and O–H groups in total. The van der Waals surface area contributed by atoms with Crippen LogP contribution >= 0.6 is 0 Å². The van der Waals surface area contributed by atoms with Crippen molar-refractivity contribution in [3.63, 3.8) is 0 Å². The van der Waals surface area contributed by atoms with Crippen LogP contribution in [0.25, 0.3) is 0 Å². The number of hydrogen-bond donors (Lipinski definition) is 1. The van der Waals surface area contributed by atoms with Crippen LogP contribution in [0.4, 0.5) is 26.3 Å². The molecule has 0 unspecified atom stereocenters. The number of halogens is 6. The lowest BCUT2D eigenvalue weighted by molar-refractivity contribution is -0.365. The van der Waals surface area contributed by atoms with Crippen LogP contribution in [0.3, 0.4) is 0 Å². The molecule has 122 valence electrons. The molecular weight excluding hydrogens is 322 g/mol. The fourth-order valence-corrected chi connectivity index (χ4v) is 1.52. The average Bonchev–Trinajstić information content (AvgIpc) is 2.35. The van der Waals surface area contributed by atoms with Crippen molar-refractivity contribution in [2.24, 2.45) is 0 Å². The maximum atomic E-state index is 12.8. The second-order valence-electron chi connectivity index (χ2n) is 4.15. The van der Waals surface area contributed by atoms with Gasteiger partial charge in [0.15, 0.2) is 0 Å². The van der Waals surface area contributed by atoms with Crippen LogP contribution in [-0.4, -0.2) is 35.0 Å². The standard InChI is InChI=1S/C12H8F6O4/c13-11(14,15)10(6-8(19)20,12(16,17)18)22-9(21)7-4-2-1-3-5-7/h1-5H,6H2,(H,19,20). The minimum Gasteiger partial charge on any atom is -0.481 e. The Balaban J connectivity index is 3.31. The van der Waals surface area contributed by atoms with Crippen molar-refractivity contribution in [1.82, 2.24) is 0 Å². The van der Waals surface area contributed by atoms with Crippen molar-refractivity contribution in [3.05, 3.63) is 35.9 Å². The van der Waals surface area contributed by atoms with Crippen LogP contribution in [0, 0.1) is 0 Å². The van der Waals surface area contributed by atoms with Gasteiger partial charge in [-0.05, 0) is 12.1 Å². The van der Waals surface area contributed by atoms with Crippen LogP contribution < -0.4 is 0 Å². The normalized spacial score (nSPS) is 12.8. The zero-order valence-corrected chi connectivity index (χ0v) is 10.5. The van der Waals surface area contributed by atoms with Crippen LogP contribution in [0.1, 0.15) is 16.8 Å². The van der Waals surface area contributed by atoms with E-state index in [1.807, 2.05) is 0 Å². The number of carboxylic acid groups (broad SMARTS) is 1. The Hall–Kier alpha value is -2.26. The molecule has 0 aliphatic rings. The molecule has 0 bridgehead atoms. The molecule has 0 amide bonds. The van der Waals surface area contributed by atoms with E-state index in [-0.39, 0.29) is 0 Å². The van der Waals surface area contributed by atoms with Gasteiger partial charge in [0, 0.05) is 0 Å². The number of carboxylic acids is 1. The Morgan fingerprint density at radius 3 is 1.77 bits per heavy atom. The monoisotopic (exact) mass is 330 g/mol. The van der Waals surface area contributed by atoms with Crippen molar-refractivity contribution in [3.8, 4) is 0 Å². The van der Waals surface area contributed by atoms with Gasteiger partial charge in [0.1, 0.15) is 6.42 Å². The highest BCUT2D eigenvalue weighted by Gasteiger charge is 2.75. The maximum absolute atomic E-state index is 12.8. The van der Waals surface area contributed by atoms with Gasteiger partial charge in [-0.3, -0.25) is 4.79 Å². The molecule has 0 radical (unpaired) electrons. The molecule has 0 fully saturated rings. The van der Waals surface area contributed by atoms with Crippen molar-refractivity contribution in [1.29, 1.82) is 0 Å². The van der Waals surface area contributed by atoms with Gasteiger partial charge >= 0.3 is 29.9 Å². The van der Waals surface area contributed by atoms with Gasteiger partial charge in [0.2, 0.25) is 0 Å². The van der Waals surface area contributed by atoms with Crippen LogP contribution in [0.2, 0.25) is 0 Å². The number of benzene rings is 1. The second-order valence-corrected chi connectivity index (χ2v) is 4.15. The van der Waals surface area contributed by atoms with E-state index >= 15 is 0 Å². The first-order valence-corrected chi connectivity index (χ1v) is 5.54. The average molecular weight is 330 g/mol. The number of carbonyl (C=O) groups excluding carboxylic acids is 1. The fraction of sp³-hybridized carbons (Fsp3) is 0.333. The SMILES string of the molecule is O=C(O)CC(OC(=O)c1ccccc1)(C(F)(F)F)C(F)(F)F. The molecule has 0 spiro atoms. The lowest BCUT2D eigenvalue weighted by atomic mass is 9.97. The maximum Gasteiger partial charge on any atom is 0.438 e. The van der Waals surface area contributed by atoms with Gasteiger partial charge in [-0.2, -0.15) is 26.3 Å². The third-order valence-corrected chi connectivity index (χ3v) is 2.59. The third kappa shape index (κ3) is 3.49. The Kier molecular flexibility index (Phi) is 4.73. The van der Waals surface area contributed by atoms with Gasteiger partial charge in [-0.1, -0.05) is 18.2 Å². The largest absolute Gasteiger partial charge is 0.481 e. The number of esters is 1. The summed E-state index contributed by atoms with van der Waals surface area (Å²) in [5.74, 6) is -4.35. The summed E-state index contributed by atoms with van der Waals surface area (Å²) in [5.41, 5.74) is -5.70. The first-order chi connectivity index (χ1) is 9.91. The molecule has 4 nitrogen and oxygen atoms in total. The molecule has 1 aromatic rings. The number of hydrogen-bond acceptors (Lipinski definition) is 3. The van der Waals surface area contributed by atoms with E-state index in [4.69, 9.17) is 5.11 Å². The first kappa shape index (κ1) is 17.8. The minimum absolute atomic E-state index is 0.578. The quantitative estimate of drug-likeness (QED) is 0.680. The van der Waals surface area contributed by atoms with Crippen LogP contribution in [0.5, 0.6) is 0 Å². The first-order valence-electron chi connectivity index (χ1n) is 5.54. The Bertz CT molecular complexity index is 535. The highest BCUT2D eigenvalue weighted by Crippen LogP contribution is 2.48. The van der Waals surface area contributed by atoms with Gasteiger partial charge in [0.25, 0.3) is 0 Å². The number of ether oxygens (including phenoxy) is 1. The van der Waals surface area contributed by atoms with E-state index in [2.05, 4.69) is 4.74 Å². The number of rotatable bonds is 4. The molecule has 0 aliphatic carbocycles. The predicted octanol–water partition coefficient (Wildman–Crippen LogP) is 3.18. The summed E-state index contributed by atoms with van der Waals surface area (Å²) in [5, 5.41) is 8.37. The number of carbonyl (C=O) groups is 2. The van der Waals surface area contributed by atoms with Gasteiger partial charge in [-0.15, -0.1) is 0 Å². The minimum atomic E-state index is -6.16. The van der Waals surface area contributed by atoms with Crippen molar-refractivity contribution in [2.45, 2.75) is 24.4 Å². The Morgan fingerprint density at radius 2 is 1.41 bits per heavy atom. The van der Waals surface area contributed by atoms with Crippen LogP contribution in [-0.2, 0) is 9.53 Å². The smallest absolute Gasteiger partial charge is 0.438 e. The summed E-state index contributed by atoms with van der Waals surface area (Å²) >= 11 is 0. The second kappa shape index (κ2) is 5.85. The van der Waals surface area contributed by atoms with Crippen molar-refractivity contribution < 1.29 is 45.8 Å². The molecule has 0 aliphatic heterocycles. The molecule has 0 saturated carbocycles. The molecule has 22 heavy (non-hydrogen) atoms. The highest BCUT2D eigenvalue weighted by atomic mass is 19.4. The van der Waals surface area contributed by atoms with E-state index in [1.165, 1.54) is 18.2 Å². The molecule has 10 heteroatoms.